The summed E-state index contributed by atoms with van der Waals surface area (Å²) in [6, 6.07) is 5.60. The number of hydrogen-bond donors (Lipinski definition) is 3. The van der Waals surface area contributed by atoms with Crippen molar-refractivity contribution in [1.82, 2.24) is 34.9 Å². The number of hydrogen-bond acceptors (Lipinski definition) is 8. The van der Waals surface area contributed by atoms with Crippen molar-refractivity contribution in [1.29, 1.82) is 0 Å². The van der Waals surface area contributed by atoms with Crippen molar-refractivity contribution in [3.8, 4) is 11.8 Å². The third-order valence-electron chi connectivity index (χ3n) is 6.91. The minimum atomic E-state index is -0.407. The van der Waals surface area contributed by atoms with Gasteiger partial charge in [-0.05, 0) is 58.0 Å². The van der Waals surface area contributed by atoms with Crippen molar-refractivity contribution in [2.75, 3.05) is 50.9 Å². The van der Waals surface area contributed by atoms with Gasteiger partial charge in [-0.25, -0.2) is 4.98 Å². The van der Waals surface area contributed by atoms with E-state index in [1.165, 1.54) is 0 Å². The van der Waals surface area contributed by atoms with Crippen LogP contribution in [0.5, 0.6) is 0 Å². The van der Waals surface area contributed by atoms with Crippen LogP contribution in [0.25, 0.3) is 10.9 Å². The van der Waals surface area contributed by atoms with E-state index in [2.05, 4.69) is 49.8 Å². The number of unbranched alkanes of at least 4 members (excludes halogenated alkanes) is 1. The number of likely N-dealkylation sites (tertiary alicyclic amines) is 1. The second-order valence-corrected chi connectivity index (χ2v) is 10.6. The highest BCUT2D eigenvalue weighted by Crippen LogP contribution is 2.22. The fourth-order valence-corrected chi connectivity index (χ4v) is 4.69. The van der Waals surface area contributed by atoms with Crippen molar-refractivity contribution in [3.05, 3.63) is 48.3 Å². The molecule has 3 heterocycles. The molecule has 4 rings (SSSR count). The summed E-state index contributed by atoms with van der Waals surface area (Å²) >= 11 is 0. The Balaban J connectivity index is 1.29. The summed E-state index contributed by atoms with van der Waals surface area (Å²) in [5.41, 5.74) is 2.62. The molecule has 2 amide bonds. The Morgan fingerprint density at radius 3 is 2.88 bits per heavy atom. The zero-order valence-electron chi connectivity index (χ0n) is 25.0. The molecular weight excluding hydrogens is 530 g/mol. The molecule has 2 aromatic heterocycles. The SMILES string of the molecule is CCCNc1nc(Nc2ccc3cnn(C)c3c2)ncc1C#CCCCNC(=O)[C@@H]1CCCN1C(=O)C=CCN(C)C. The van der Waals surface area contributed by atoms with Crippen molar-refractivity contribution in [2.45, 2.75) is 45.1 Å². The van der Waals surface area contributed by atoms with Gasteiger partial charge in [-0.2, -0.15) is 10.1 Å². The van der Waals surface area contributed by atoms with Crippen LogP contribution in [0.4, 0.5) is 17.5 Å². The Labute approximate surface area is 247 Å². The number of likely N-dealkylation sites (N-methyl/N-ethyl adjacent to an activating group) is 1. The van der Waals surface area contributed by atoms with Gasteiger partial charge in [-0.3, -0.25) is 14.3 Å². The van der Waals surface area contributed by atoms with E-state index in [1.54, 1.807) is 17.2 Å². The van der Waals surface area contributed by atoms with Crippen LogP contribution in [0, 0.1) is 11.8 Å². The number of aromatic nitrogens is 4. The second kappa shape index (κ2) is 15.0. The summed E-state index contributed by atoms with van der Waals surface area (Å²) in [7, 11) is 5.80. The monoisotopic (exact) mass is 571 g/mol. The molecule has 1 atom stereocenters. The topological polar surface area (TPSA) is 120 Å². The Bertz CT molecular complexity index is 1470. The van der Waals surface area contributed by atoms with E-state index < -0.39 is 6.04 Å². The molecule has 0 bridgehead atoms. The predicted octanol–water partition coefficient (Wildman–Crippen LogP) is 3.29. The number of aryl methyl sites for hydroxylation is 1. The largest absolute Gasteiger partial charge is 0.369 e. The molecule has 0 aliphatic carbocycles. The number of carbonyl (C=O) groups excluding carboxylic acids is 2. The first-order valence-electron chi connectivity index (χ1n) is 14.5. The van der Waals surface area contributed by atoms with Crippen LogP contribution in [0.2, 0.25) is 0 Å². The molecule has 1 aliphatic rings. The number of rotatable bonds is 12. The zero-order chi connectivity index (χ0) is 29.9. The number of nitrogens with one attached hydrogen (secondary N) is 3. The molecular formula is C31H41N9O2. The quantitative estimate of drug-likeness (QED) is 0.172. The number of fused-ring (bicyclic) bond motifs is 1. The molecule has 3 N–H and O–H groups in total. The van der Waals surface area contributed by atoms with Crippen LogP contribution in [0.15, 0.2) is 42.7 Å². The number of benzene rings is 1. The summed E-state index contributed by atoms with van der Waals surface area (Å²) in [6.45, 7) is 4.66. The molecule has 11 nitrogen and oxygen atoms in total. The van der Waals surface area contributed by atoms with Gasteiger partial charge in [0, 0.05) is 56.8 Å². The lowest BCUT2D eigenvalue weighted by Crippen LogP contribution is -2.45. The maximum atomic E-state index is 12.8. The fraction of sp³-hybridized carbons (Fsp3) is 0.452. The van der Waals surface area contributed by atoms with Crippen LogP contribution in [-0.4, -0.2) is 87.7 Å². The van der Waals surface area contributed by atoms with E-state index in [9.17, 15) is 9.59 Å². The highest BCUT2D eigenvalue weighted by atomic mass is 16.2. The van der Waals surface area contributed by atoms with E-state index in [-0.39, 0.29) is 11.8 Å². The van der Waals surface area contributed by atoms with Crippen LogP contribution in [0.3, 0.4) is 0 Å². The van der Waals surface area contributed by atoms with Gasteiger partial charge in [0.15, 0.2) is 0 Å². The van der Waals surface area contributed by atoms with Crippen LogP contribution in [-0.2, 0) is 16.6 Å². The fourth-order valence-electron chi connectivity index (χ4n) is 4.69. The number of amides is 2. The van der Waals surface area contributed by atoms with Gasteiger partial charge < -0.3 is 25.8 Å². The Morgan fingerprint density at radius 1 is 1.21 bits per heavy atom. The molecule has 0 radical (unpaired) electrons. The van der Waals surface area contributed by atoms with E-state index in [0.717, 1.165) is 41.5 Å². The molecule has 3 aromatic rings. The summed E-state index contributed by atoms with van der Waals surface area (Å²) in [6.07, 6.45) is 10.7. The summed E-state index contributed by atoms with van der Waals surface area (Å²) in [4.78, 5) is 38.1. The van der Waals surface area contributed by atoms with Crippen molar-refractivity contribution in [3.63, 3.8) is 0 Å². The first-order valence-corrected chi connectivity index (χ1v) is 14.5. The maximum absolute atomic E-state index is 12.8. The third-order valence-corrected chi connectivity index (χ3v) is 6.91. The zero-order valence-corrected chi connectivity index (χ0v) is 25.0. The van der Waals surface area contributed by atoms with Gasteiger partial charge in [0.25, 0.3) is 0 Å². The summed E-state index contributed by atoms with van der Waals surface area (Å²) < 4.78 is 1.83. The number of anilines is 3. The average molecular weight is 572 g/mol. The highest BCUT2D eigenvalue weighted by molar-refractivity contribution is 5.93. The van der Waals surface area contributed by atoms with Gasteiger partial charge in [0.2, 0.25) is 17.8 Å². The standard InChI is InChI=1S/C31H41N9O2/c1-5-16-32-29-24(21-34-31(37-29)36-25-15-14-23-22-35-39(4)27(23)20-25)11-7-6-8-17-33-30(42)26-12-9-19-40(26)28(41)13-10-18-38(2)3/h10,13-15,20-22,26H,5-6,8-9,12,16-19H2,1-4H3,(H,33,42)(H2,32,34,36,37)/t26-/m0/s1. The molecule has 42 heavy (non-hydrogen) atoms. The number of nitrogens with zero attached hydrogens (tertiary/aromatic N) is 6. The van der Waals surface area contributed by atoms with Crippen molar-refractivity contribution in [2.24, 2.45) is 7.05 Å². The van der Waals surface area contributed by atoms with E-state index in [1.807, 2.05) is 61.2 Å². The van der Waals surface area contributed by atoms with Crippen molar-refractivity contribution < 1.29 is 9.59 Å². The smallest absolute Gasteiger partial charge is 0.246 e. The Hall–Kier alpha value is -4.43. The van der Waals surface area contributed by atoms with Gasteiger partial charge in [-0.15, -0.1) is 0 Å². The highest BCUT2D eigenvalue weighted by Gasteiger charge is 2.32. The van der Waals surface area contributed by atoms with Crippen LogP contribution < -0.4 is 16.0 Å². The Kier molecular flexibility index (Phi) is 10.9. The molecule has 222 valence electrons. The number of carbonyl (C=O) groups is 2. The Morgan fingerprint density at radius 2 is 2.07 bits per heavy atom. The molecule has 1 aliphatic heterocycles. The molecule has 1 fully saturated rings. The first-order chi connectivity index (χ1) is 20.4. The van der Waals surface area contributed by atoms with Crippen molar-refractivity contribution >= 4 is 40.2 Å². The van der Waals surface area contributed by atoms with Crippen LogP contribution >= 0.6 is 0 Å². The predicted molar refractivity (Wildman–Crippen MR) is 166 cm³/mol. The van der Waals surface area contributed by atoms with E-state index >= 15 is 0 Å². The normalized spacial score (nSPS) is 14.8. The van der Waals surface area contributed by atoms with E-state index in [0.29, 0.717) is 50.7 Å². The van der Waals surface area contributed by atoms with Gasteiger partial charge in [0.05, 0.1) is 23.5 Å². The first kappa shape index (κ1) is 30.5. The lowest BCUT2D eigenvalue weighted by atomic mass is 10.2. The third kappa shape index (κ3) is 8.30. The molecule has 0 unspecified atom stereocenters. The van der Waals surface area contributed by atoms with E-state index in [4.69, 9.17) is 0 Å². The molecule has 1 aromatic carbocycles. The summed E-state index contributed by atoms with van der Waals surface area (Å²) in [5, 5.41) is 15.0. The molecule has 11 heteroatoms. The van der Waals surface area contributed by atoms with Gasteiger partial charge >= 0.3 is 0 Å². The average Bonchev–Trinajstić information content (AvgIpc) is 3.61. The van der Waals surface area contributed by atoms with Gasteiger partial charge in [-0.1, -0.05) is 24.8 Å². The second-order valence-electron chi connectivity index (χ2n) is 10.6. The molecule has 1 saturated heterocycles. The minimum absolute atomic E-state index is 0.0973. The lowest BCUT2D eigenvalue weighted by molar-refractivity contribution is -0.135. The molecule has 0 spiro atoms. The maximum Gasteiger partial charge on any atom is 0.246 e. The van der Waals surface area contributed by atoms with Crippen LogP contribution in [0.1, 0.15) is 44.6 Å². The minimum Gasteiger partial charge on any atom is -0.369 e. The van der Waals surface area contributed by atoms with Gasteiger partial charge in [0.1, 0.15) is 11.9 Å². The summed E-state index contributed by atoms with van der Waals surface area (Å²) in [5.74, 6) is 7.33. The molecule has 0 saturated carbocycles. The lowest BCUT2D eigenvalue weighted by Gasteiger charge is -2.22.